The maximum atomic E-state index is 13.0. The number of likely N-dealkylation sites (tertiary alicyclic amines) is 1. The van der Waals surface area contributed by atoms with Gasteiger partial charge in [-0.25, -0.2) is 4.39 Å². The van der Waals surface area contributed by atoms with Crippen molar-refractivity contribution in [1.29, 1.82) is 0 Å². The van der Waals surface area contributed by atoms with E-state index in [1.807, 2.05) is 0 Å². The molecule has 2 aromatic carbocycles. The molecule has 0 bridgehead atoms. The van der Waals surface area contributed by atoms with Crippen LogP contribution >= 0.6 is 11.6 Å². The molecule has 2 N–H and O–H groups in total. The average molecular weight is 349 g/mol. The molecule has 1 heterocycles. The Kier molecular flexibility index (Phi) is 5.02. The first-order valence-electron chi connectivity index (χ1n) is 7.81. The van der Waals surface area contributed by atoms with E-state index in [0.29, 0.717) is 35.2 Å². The standard InChI is InChI=1S/C18H18ClFN2O2/c19-12-3-8-17(24-15-6-4-13(20)5-7-15)16(10-12)18(23)22-9-1-2-14(21)11-22/h3-8,10,14H,1-2,9,11,21H2. The second-order valence-corrected chi connectivity index (χ2v) is 6.29. The highest BCUT2D eigenvalue weighted by molar-refractivity contribution is 6.31. The molecule has 1 fully saturated rings. The van der Waals surface area contributed by atoms with Crippen molar-refractivity contribution in [2.45, 2.75) is 18.9 Å². The van der Waals surface area contributed by atoms with Crippen LogP contribution in [0.2, 0.25) is 5.02 Å². The summed E-state index contributed by atoms with van der Waals surface area (Å²) in [5, 5.41) is 0.450. The molecule has 126 valence electrons. The van der Waals surface area contributed by atoms with Gasteiger partial charge in [0.25, 0.3) is 5.91 Å². The molecule has 1 saturated heterocycles. The quantitative estimate of drug-likeness (QED) is 0.917. The first kappa shape index (κ1) is 16.7. The molecule has 0 aromatic heterocycles. The molecule has 6 heteroatoms. The summed E-state index contributed by atoms with van der Waals surface area (Å²) < 4.78 is 18.8. The lowest BCUT2D eigenvalue weighted by Gasteiger charge is -2.31. The number of halogens is 2. The van der Waals surface area contributed by atoms with Crippen molar-refractivity contribution in [1.82, 2.24) is 4.90 Å². The molecule has 1 aliphatic heterocycles. The smallest absolute Gasteiger partial charge is 0.257 e. The van der Waals surface area contributed by atoms with E-state index in [1.165, 1.54) is 24.3 Å². The van der Waals surface area contributed by atoms with Crippen molar-refractivity contribution in [2.24, 2.45) is 5.73 Å². The van der Waals surface area contributed by atoms with E-state index >= 15 is 0 Å². The Balaban J connectivity index is 1.87. The molecule has 3 rings (SSSR count). The van der Waals surface area contributed by atoms with Crippen molar-refractivity contribution in [3.05, 3.63) is 58.9 Å². The Morgan fingerprint density at radius 3 is 2.71 bits per heavy atom. The molecular weight excluding hydrogens is 331 g/mol. The van der Waals surface area contributed by atoms with Crippen LogP contribution in [0.5, 0.6) is 11.5 Å². The van der Waals surface area contributed by atoms with E-state index < -0.39 is 0 Å². The van der Waals surface area contributed by atoms with Crippen LogP contribution in [-0.4, -0.2) is 29.9 Å². The summed E-state index contributed by atoms with van der Waals surface area (Å²) in [7, 11) is 0. The summed E-state index contributed by atoms with van der Waals surface area (Å²) in [5.41, 5.74) is 6.34. The van der Waals surface area contributed by atoms with Crippen LogP contribution in [0.3, 0.4) is 0 Å². The zero-order chi connectivity index (χ0) is 17.1. The van der Waals surface area contributed by atoms with Gasteiger partial charge in [0, 0.05) is 24.2 Å². The Morgan fingerprint density at radius 2 is 2.00 bits per heavy atom. The predicted octanol–water partition coefficient (Wildman–Crippen LogP) is 3.83. The number of carbonyl (C=O) groups is 1. The fourth-order valence-electron chi connectivity index (χ4n) is 2.75. The minimum atomic E-state index is -0.350. The van der Waals surface area contributed by atoms with Gasteiger partial charge in [-0.1, -0.05) is 11.6 Å². The number of hydrogen-bond acceptors (Lipinski definition) is 3. The van der Waals surface area contributed by atoms with E-state index in [2.05, 4.69) is 0 Å². The maximum Gasteiger partial charge on any atom is 0.257 e. The van der Waals surface area contributed by atoms with E-state index in [4.69, 9.17) is 22.1 Å². The zero-order valence-electron chi connectivity index (χ0n) is 13.0. The van der Waals surface area contributed by atoms with Crippen LogP contribution in [0, 0.1) is 5.82 Å². The van der Waals surface area contributed by atoms with Gasteiger partial charge in [0.1, 0.15) is 17.3 Å². The Morgan fingerprint density at radius 1 is 1.25 bits per heavy atom. The fourth-order valence-corrected chi connectivity index (χ4v) is 2.92. The molecule has 1 unspecified atom stereocenters. The number of rotatable bonds is 3. The van der Waals surface area contributed by atoms with Gasteiger partial charge in [-0.15, -0.1) is 0 Å². The van der Waals surface area contributed by atoms with Crippen molar-refractivity contribution < 1.29 is 13.9 Å². The summed E-state index contributed by atoms with van der Waals surface area (Å²) in [6.07, 6.45) is 1.79. The van der Waals surface area contributed by atoms with Crippen LogP contribution in [0.15, 0.2) is 42.5 Å². The number of piperidine rings is 1. The van der Waals surface area contributed by atoms with Crippen molar-refractivity contribution in [3.8, 4) is 11.5 Å². The molecule has 0 aliphatic carbocycles. The van der Waals surface area contributed by atoms with E-state index in [1.54, 1.807) is 23.1 Å². The molecular formula is C18H18ClFN2O2. The number of hydrogen-bond donors (Lipinski definition) is 1. The van der Waals surface area contributed by atoms with Crippen LogP contribution < -0.4 is 10.5 Å². The second kappa shape index (κ2) is 7.20. The summed E-state index contributed by atoms with van der Waals surface area (Å²) in [6, 6.07) is 10.5. The molecule has 1 atom stereocenters. The van der Waals surface area contributed by atoms with Gasteiger partial charge in [0.05, 0.1) is 5.56 Å². The van der Waals surface area contributed by atoms with Gasteiger partial charge < -0.3 is 15.4 Å². The molecule has 4 nitrogen and oxygen atoms in total. The van der Waals surface area contributed by atoms with E-state index in [9.17, 15) is 9.18 Å². The molecule has 0 radical (unpaired) electrons. The summed E-state index contributed by atoms with van der Waals surface area (Å²) >= 11 is 6.05. The third kappa shape index (κ3) is 3.86. The molecule has 0 spiro atoms. The van der Waals surface area contributed by atoms with E-state index in [-0.39, 0.29) is 17.8 Å². The Labute approximate surface area is 145 Å². The molecule has 1 aliphatic rings. The van der Waals surface area contributed by atoms with Gasteiger partial charge in [0.15, 0.2) is 0 Å². The monoisotopic (exact) mass is 348 g/mol. The average Bonchev–Trinajstić information content (AvgIpc) is 2.58. The summed E-state index contributed by atoms with van der Waals surface area (Å²) in [5.74, 6) is 0.320. The molecule has 2 aromatic rings. The minimum Gasteiger partial charge on any atom is -0.457 e. The van der Waals surface area contributed by atoms with Crippen molar-refractivity contribution >= 4 is 17.5 Å². The van der Waals surface area contributed by atoms with Crippen LogP contribution in [0.4, 0.5) is 4.39 Å². The van der Waals surface area contributed by atoms with Crippen LogP contribution in [0.25, 0.3) is 0 Å². The Hall–Kier alpha value is -2.11. The summed E-state index contributed by atoms with van der Waals surface area (Å²) in [6.45, 7) is 1.18. The van der Waals surface area contributed by atoms with Gasteiger partial charge in [-0.2, -0.15) is 0 Å². The number of amides is 1. The maximum absolute atomic E-state index is 13.0. The number of ether oxygens (including phenoxy) is 1. The lowest BCUT2D eigenvalue weighted by atomic mass is 10.0. The number of nitrogens with zero attached hydrogens (tertiary/aromatic N) is 1. The van der Waals surface area contributed by atoms with Gasteiger partial charge in [-0.3, -0.25) is 4.79 Å². The largest absolute Gasteiger partial charge is 0.457 e. The third-order valence-electron chi connectivity index (χ3n) is 3.96. The molecule has 0 saturated carbocycles. The highest BCUT2D eigenvalue weighted by Crippen LogP contribution is 2.29. The number of benzene rings is 2. The first-order chi connectivity index (χ1) is 11.5. The zero-order valence-corrected chi connectivity index (χ0v) is 13.8. The normalized spacial score (nSPS) is 17.6. The highest BCUT2D eigenvalue weighted by Gasteiger charge is 2.25. The third-order valence-corrected chi connectivity index (χ3v) is 4.19. The van der Waals surface area contributed by atoms with E-state index in [0.717, 1.165) is 12.8 Å². The van der Waals surface area contributed by atoms with Crippen LogP contribution in [0.1, 0.15) is 23.2 Å². The highest BCUT2D eigenvalue weighted by atomic mass is 35.5. The molecule has 24 heavy (non-hydrogen) atoms. The lowest BCUT2D eigenvalue weighted by molar-refractivity contribution is 0.0706. The topological polar surface area (TPSA) is 55.6 Å². The van der Waals surface area contributed by atoms with Crippen molar-refractivity contribution in [3.63, 3.8) is 0 Å². The Bertz CT molecular complexity index is 736. The first-order valence-corrected chi connectivity index (χ1v) is 8.18. The van der Waals surface area contributed by atoms with Crippen molar-refractivity contribution in [2.75, 3.05) is 13.1 Å². The SMILES string of the molecule is NC1CCCN(C(=O)c2cc(Cl)ccc2Oc2ccc(F)cc2)C1. The predicted molar refractivity (Wildman–Crippen MR) is 91.0 cm³/mol. The van der Waals surface area contributed by atoms with Crippen LogP contribution in [-0.2, 0) is 0 Å². The summed E-state index contributed by atoms with van der Waals surface area (Å²) in [4.78, 5) is 14.6. The van der Waals surface area contributed by atoms with Gasteiger partial charge in [0.2, 0.25) is 0 Å². The fraction of sp³-hybridized carbons (Fsp3) is 0.278. The second-order valence-electron chi connectivity index (χ2n) is 5.85. The number of nitrogens with two attached hydrogens (primary N) is 1. The lowest BCUT2D eigenvalue weighted by Crippen LogP contribution is -2.45. The molecule has 1 amide bonds. The van der Waals surface area contributed by atoms with Gasteiger partial charge >= 0.3 is 0 Å². The minimum absolute atomic E-state index is 0.0108. The van der Waals surface area contributed by atoms with Gasteiger partial charge in [-0.05, 0) is 55.3 Å². The number of carbonyl (C=O) groups excluding carboxylic acids is 1.